The molecule has 0 aliphatic carbocycles. The quantitative estimate of drug-likeness (QED) is 0.358. The number of aromatic nitrogens is 1. The van der Waals surface area contributed by atoms with E-state index < -0.39 is 12.0 Å². The molecule has 0 unspecified atom stereocenters. The Morgan fingerprint density at radius 3 is 2.44 bits per heavy atom. The number of rotatable bonds is 7. The van der Waals surface area contributed by atoms with E-state index in [9.17, 15) is 14.7 Å². The van der Waals surface area contributed by atoms with Crippen molar-refractivity contribution < 1.29 is 24.1 Å². The maximum atomic E-state index is 13.9. The lowest BCUT2D eigenvalue weighted by molar-refractivity contribution is -0.138. The van der Waals surface area contributed by atoms with Crippen LogP contribution in [0.3, 0.4) is 0 Å². The van der Waals surface area contributed by atoms with E-state index in [-0.39, 0.29) is 23.5 Å². The molecule has 4 aromatic rings. The van der Waals surface area contributed by atoms with Crippen LogP contribution in [0.4, 0.5) is 0 Å². The average molecular weight is 543 g/mol. The maximum Gasteiger partial charge on any atom is 0.338 e. The fraction of sp³-hybridized carbons (Fsp3) is 0.167. The molecule has 1 N–H and O–H groups in total. The van der Waals surface area contributed by atoms with Crippen molar-refractivity contribution in [1.29, 1.82) is 0 Å². The van der Waals surface area contributed by atoms with Crippen LogP contribution in [0.15, 0.2) is 88.2 Å². The number of hydrogen-bond acceptors (Lipinski definition) is 8. The lowest BCUT2D eigenvalue weighted by Crippen LogP contribution is -2.40. The fourth-order valence-electron chi connectivity index (χ4n) is 4.49. The van der Waals surface area contributed by atoms with Crippen LogP contribution in [0.2, 0.25) is 0 Å². The number of ether oxygens (including phenoxy) is 3. The summed E-state index contributed by atoms with van der Waals surface area (Å²) >= 11 is 1.21. The summed E-state index contributed by atoms with van der Waals surface area (Å²) in [4.78, 5) is 32.6. The van der Waals surface area contributed by atoms with E-state index in [4.69, 9.17) is 19.2 Å². The smallest absolute Gasteiger partial charge is 0.338 e. The number of fused-ring (bicyclic) bond motifs is 1. The number of benzene rings is 3. The van der Waals surface area contributed by atoms with Crippen molar-refractivity contribution in [2.45, 2.75) is 13.0 Å². The molecule has 0 bridgehead atoms. The summed E-state index contributed by atoms with van der Waals surface area (Å²) in [6, 6.07) is 20.7. The number of methoxy groups -OCH3 is 2. The molecule has 8 nitrogen and oxygen atoms in total. The van der Waals surface area contributed by atoms with Gasteiger partial charge in [-0.15, -0.1) is 0 Å². The third-order valence-electron chi connectivity index (χ3n) is 6.31. The summed E-state index contributed by atoms with van der Waals surface area (Å²) in [6.45, 7) is 1.91. The Balaban J connectivity index is 1.79. The Hall–Kier alpha value is -4.63. The predicted octanol–water partition coefficient (Wildman–Crippen LogP) is 3.66. The number of hydrogen-bond donors (Lipinski definition) is 1. The van der Waals surface area contributed by atoms with E-state index >= 15 is 0 Å². The SMILES string of the molecule is CCOC(=O)C1=C(c2ccccc2)N=c2s/c(=C\c3ccc(OC)c(O)c3)c(=O)n2[C@@H]1c1ccc(OC)cc1. The highest BCUT2D eigenvalue weighted by Gasteiger charge is 2.35. The molecular weight excluding hydrogens is 516 g/mol. The van der Waals surface area contributed by atoms with Crippen molar-refractivity contribution in [2.75, 3.05) is 20.8 Å². The predicted molar refractivity (Wildman–Crippen MR) is 149 cm³/mol. The van der Waals surface area contributed by atoms with Gasteiger partial charge >= 0.3 is 5.97 Å². The molecule has 39 heavy (non-hydrogen) atoms. The van der Waals surface area contributed by atoms with Crippen molar-refractivity contribution in [3.05, 3.63) is 115 Å². The molecule has 1 aromatic heterocycles. The molecule has 0 radical (unpaired) electrons. The van der Waals surface area contributed by atoms with Gasteiger partial charge in [-0.1, -0.05) is 59.9 Å². The minimum Gasteiger partial charge on any atom is -0.504 e. The lowest BCUT2D eigenvalue weighted by atomic mass is 9.93. The Morgan fingerprint density at radius 2 is 1.79 bits per heavy atom. The molecule has 0 fully saturated rings. The van der Waals surface area contributed by atoms with E-state index in [2.05, 4.69) is 0 Å². The number of carbonyl (C=O) groups excluding carboxylic acids is 1. The van der Waals surface area contributed by atoms with Gasteiger partial charge in [0.1, 0.15) is 5.75 Å². The van der Waals surface area contributed by atoms with Gasteiger partial charge in [0.15, 0.2) is 16.3 Å². The zero-order chi connectivity index (χ0) is 27.5. The summed E-state index contributed by atoms with van der Waals surface area (Å²) in [5.41, 5.74) is 2.46. The zero-order valence-electron chi connectivity index (χ0n) is 21.6. The van der Waals surface area contributed by atoms with E-state index in [1.165, 1.54) is 29.1 Å². The fourth-order valence-corrected chi connectivity index (χ4v) is 5.49. The van der Waals surface area contributed by atoms with Crippen LogP contribution in [0.25, 0.3) is 11.8 Å². The Morgan fingerprint density at radius 1 is 1.05 bits per heavy atom. The number of aromatic hydroxyl groups is 1. The van der Waals surface area contributed by atoms with Crippen molar-refractivity contribution in [3.8, 4) is 17.2 Å². The van der Waals surface area contributed by atoms with Gasteiger partial charge in [-0.05, 0) is 48.4 Å². The van der Waals surface area contributed by atoms with Crippen LogP contribution < -0.4 is 24.4 Å². The van der Waals surface area contributed by atoms with Gasteiger partial charge in [-0.3, -0.25) is 9.36 Å². The summed E-state index contributed by atoms with van der Waals surface area (Å²) in [5, 5.41) is 10.2. The zero-order valence-corrected chi connectivity index (χ0v) is 22.4. The van der Waals surface area contributed by atoms with Gasteiger partial charge in [-0.25, -0.2) is 9.79 Å². The van der Waals surface area contributed by atoms with Gasteiger partial charge in [0.25, 0.3) is 5.56 Å². The third kappa shape index (κ3) is 4.96. The summed E-state index contributed by atoms with van der Waals surface area (Å²) in [7, 11) is 3.05. The number of nitrogens with zero attached hydrogens (tertiary/aromatic N) is 2. The first-order chi connectivity index (χ1) is 18.9. The molecule has 0 spiro atoms. The molecule has 0 amide bonds. The molecule has 0 saturated carbocycles. The largest absolute Gasteiger partial charge is 0.504 e. The van der Waals surface area contributed by atoms with Gasteiger partial charge in [0, 0.05) is 5.56 Å². The van der Waals surface area contributed by atoms with Gasteiger partial charge in [0.05, 0.1) is 42.7 Å². The van der Waals surface area contributed by atoms with Crippen molar-refractivity contribution in [2.24, 2.45) is 4.99 Å². The van der Waals surface area contributed by atoms with Crippen LogP contribution in [0.5, 0.6) is 17.2 Å². The first-order valence-electron chi connectivity index (χ1n) is 12.2. The molecule has 9 heteroatoms. The molecule has 3 aromatic carbocycles. The van der Waals surface area contributed by atoms with E-state index in [0.717, 1.165) is 5.56 Å². The number of phenolic OH excluding ortho intramolecular Hbond substituents is 1. The minimum atomic E-state index is -0.784. The second-order valence-electron chi connectivity index (χ2n) is 8.64. The normalized spacial score (nSPS) is 14.9. The number of phenols is 1. The number of thiazole rings is 1. The number of esters is 1. The summed E-state index contributed by atoms with van der Waals surface area (Å²) in [5.74, 6) is 0.400. The average Bonchev–Trinajstić information content (AvgIpc) is 3.27. The minimum absolute atomic E-state index is 0.0360. The molecule has 2 heterocycles. The molecule has 0 saturated heterocycles. The molecule has 1 aliphatic heterocycles. The second-order valence-corrected chi connectivity index (χ2v) is 9.65. The Kier molecular flexibility index (Phi) is 7.33. The van der Waals surface area contributed by atoms with Crippen LogP contribution in [0.1, 0.15) is 29.7 Å². The van der Waals surface area contributed by atoms with E-state index in [0.29, 0.717) is 37.7 Å². The molecule has 1 aliphatic rings. The number of carbonyl (C=O) groups is 1. The van der Waals surface area contributed by atoms with Crippen LogP contribution in [0, 0.1) is 0 Å². The summed E-state index contributed by atoms with van der Waals surface area (Å²) < 4.78 is 17.9. The summed E-state index contributed by atoms with van der Waals surface area (Å²) in [6.07, 6.45) is 1.68. The molecular formula is C30H26N2O6S. The monoisotopic (exact) mass is 542 g/mol. The standard InChI is InChI=1S/C30H26N2O6S/c1-4-38-29(35)25-26(19-8-6-5-7-9-19)31-30-32(27(25)20-11-13-21(36-2)14-12-20)28(34)24(39-30)17-18-10-15-23(37-3)22(33)16-18/h5-17,27,33H,4H2,1-3H3/b24-17-/t27-/m1/s1. The van der Waals surface area contributed by atoms with Gasteiger partial charge in [0.2, 0.25) is 0 Å². The van der Waals surface area contributed by atoms with Crippen LogP contribution >= 0.6 is 11.3 Å². The van der Waals surface area contributed by atoms with Gasteiger partial charge < -0.3 is 19.3 Å². The topological polar surface area (TPSA) is 99.4 Å². The highest BCUT2D eigenvalue weighted by molar-refractivity contribution is 7.07. The Bertz CT molecular complexity index is 1740. The van der Waals surface area contributed by atoms with Crippen molar-refractivity contribution in [3.63, 3.8) is 0 Å². The maximum absolute atomic E-state index is 13.9. The van der Waals surface area contributed by atoms with Crippen LogP contribution in [-0.2, 0) is 9.53 Å². The first kappa shape index (κ1) is 26.0. The van der Waals surface area contributed by atoms with Crippen LogP contribution in [-0.4, -0.2) is 36.5 Å². The van der Waals surface area contributed by atoms with Gasteiger partial charge in [-0.2, -0.15) is 0 Å². The van der Waals surface area contributed by atoms with E-state index in [1.54, 1.807) is 44.4 Å². The van der Waals surface area contributed by atoms with Crippen molar-refractivity contribution >= 4 is 29.1 Å². The molecule has 1 atom stereocenters. The highest BCUT2D eigenvalue weighted by Crippen LogP contribution is 2.35. The molecule has 5 rings (SSSR count). The highest BCUT2D eigenvalue weighted by atomic mass is 32.1. The Labute approximate surface area is 228 Å². The lowest BCUT2D eigenvalue weighted by Gasteiger charge is -2.26. The van der Waals surface area contributed by atoms with Crippen molar-refractivity contribution in [1.82, 2.24) is 4.57 Å². The first-order valence-corrected chi connectivity index (χ1v) is 13.1. The second kappa shape index (κ2) is 11.0. The third-order valence-corrected chi connectivity index (χ3v) is 7.29. The molecule has 198 valence electrons. The van der Waals surface area contributed by atoms with E-state index in [1.807, 2.05) is 42.5 Å².